The molecule has 1 atom stereocenters. The Morgan fingerprint density at radius 1 is 1.15 bits per heavy atom. The first-order valence-electron chi connectivity index (χ1n) is 8.36. The molecule has 0 bridgehead atoms. The standard InChI is InChI=1S/C20H18N2O3S/c1-25-15-6-2-4-13(10-15)12-22-9-8-16-14(5-3-7-18(16)22)11-17-19(23)26-20(24)21-17/h2-10,17H,11-12H2,1H3,(H,21,24). The molecule has 0 radical (unpaired) electrons. The smallest absolute Gasteiger partial charge is 0.287 e. The fraction of sp³-hybridized carbons (Fsp3) is 0.200. The van der Waals surface area contributed by atoms with Crippen LogP contribution in [0.3, 0.4) is 0 Å². The lowest BCUT2D eigenvalue weighted by atomic mass is 10.0. The van der Waals surface area contributed by atoms with Gasteiger partial charge in [-0.2, -0.15) is 0 Å². The fourth-order valence-corrected chi connectivity index (χ4v) is 3.99. The number of nitrogens with zero attached hydrogens (tertiary/aromatic N) is 1. The van der Waals surface area contributed by atoms with Crippen LogP contribution < -0.4 is 10.1 Å². The number of aromatic nitrogens is 1. The number of benzene rings is 2. The summed E-state index contributed by atoms with van der Waals surface area (Å²) in [6, 6.07) is 15.7. The fourth-order valence-electron chi connectivity index (χ4n) is 3.32. The summed E-state index contributed by atoms with van der Waals surface area (Å²) < 4.78 is 7.47. The van der Waals surface area contributed by atoms with Crippen LogP contribution >= 0.6 is 11.8 Å². The van der Waals surface area contributed by atoms with Crippen LogP contribution in [-0.4, -0.2) is 28.1 Å². The van der Waals surface area contributed by atoms with E-state index < -0.39 is 6.04 Å². The van der Waals surface area contributed by atoms with Gasteiger partial charge in [-0.3, -0.25) is 9.59 Å². The zero-order chi connectivity index (χ0) is 18.1. The normalized spacial score (nSPS) is 16.9. The molecule has 1 aliphatic rings. The molecule has 4 rings (SSSR count). The Hall–Kier alpha value is -2.73. The van der Waals surface area contributed by atoms with E-state index in [1.807, 2.05) is 30.3 Å². The topological polar surface area (TPSA) is 60.3 Å². The van der Waals surface area contributed by atoms with E-state index in [1.54, 1.807) is 7.11 Å². The second-order valence-corrected chi connectivity index (χ2v) is 7.23. The molecule has 2 aromatic carbocycles. The van der Waals surface area contributed by atoms with Gasteiger partial charge in [0.05, 0.1) is 7.11 Å². The van der Waals surface area contributed by atoms with Crippen LogP contribution in [0.5, 0.6) is 5.75 Å². The molecule has 6 heteroatoms. The molecule has 3 aromatic rings. The molecule has 1 aliphatic heterocycles. The monoisotopic (exact) mass is 366 g/mol. The molecule has 2 heterocycles. The van der Waals surface area contributed by atoms with Crippen molar-refractivity contribution in [2.45, 2.75) is 19.0 Å². The Morgan fingerprint density at radius 3 is 2.77 bits per heavy atom. The Bertz CT molecular complexity index is 996. The van der Waals surface area contributed by atoms with Gasteiger partial charge in [-0.05, 0) is 35.4 Å². The van der Waals surface area contributed by atoms with Crippen molar-refractivity contribution in [3.63, 3.8) is 0 Å². The number of methoxy groups -OCH3 is 1. The summed E-state index contributed by atoms with van der Waals surface area (Å²) in [5.74, 6) is 0.840. The van der Waals surface area contributed by atoms with Crippen LogP contribution in [0.4, 0.5) is 4.79 Å². The molecular formula is C20H18N2O3S. The lowest BCUT2D eigenvalue weighted by molar-refractivity contribution is -0.112. The second kappa shape index (κ2) is 6.88. The van der Waals surface area contributed by atoms with Crippen LogP contribution in [-0.2, 0) is 17.8 Å². The number of ether oxygens (including phenoxy) is 1. The third-order valence-corrected chi connectivity index (χ3v) is 5.37. The first-order valence-corrected chi connectivity index (χ1v) is 9.17. The van der Waals surface area contributed by atoms with Crippen molar-refractivity contribution < 1.29 is 14.3 Å². The highest BCUT2D eigenvalue weighted by atomic mass is 32.2. The minimum atomic E-state index is -0.445. The average Bonchev–Trinajstić information content (AvgIpc) is 3.19. The maximum absolute atomic E-state index is 11.9. The van der Waals surface area contributed by atoms with E-state index in [2.05, 4.69) is 34.3 Å². The summed E-state index contributed by atoms with van der Waals surface area (Å²) in [5, 5.41) is 3.47. The van der Waals surface area contributed by atoms with Crippen LogP contribution in [0.15, 0.2) is 54.7 Å². The highest BCUT2D eigenvalue weighted by Gasteiger charge is 2.31. The molecule has 1 amide bonds. The highest BCUT2D eigenvalue weighted by Crippen LogP contribution is 2.26. The number of rotatable bonds is 5. The summed E-state index contributed by atoms with van der Waals surface area (Å²) in [7, 11) is 1.66. The Balaban J connectivity index is 1.62. The molecule has 26 heavy (non-hydrogen) atoms. The summed E-state index contributed by atoms with van der Waals surface area (Å²) in [6.07, 6.45) is 2.57. The predicted molar refractivity (Wildman–Crippen MR) is 103 cm³/mol. The third kappa shape index (κ3) is 3.20. The van der Waals surface area contributed by atoms with Crippen LogP contribution in [0.25, 0.3) is 10.9 Å². The van der Waals surface area contributed by atoms with Gasteiger partial charge in [0.2, 0.25) is 5.12 Å². The van der Waals surface area contributed by atoms with Crippen molar-refractivity contribution in [1.82, 2.24) is 9.88 Å². The van der Waals surface area contributed by atoms with E-state index in [4.69, 9.17) is 4.74 Å². The minimum Gasteiger partial charge on any atom is -0.497 e. The largest absolute Gasteiger partial charge is 0.497 e. The number of hydrogen-bond donors (Lipinski definition) is 1. The number of carbonyl (C=O) groups is 2. The second-order valence-electron chi connectivity index (χ2n) is 6.25. The quantitative estimate of drug-likeness (QED) is 0.750. The highest BCUT2D eigenvalue weighted by molar-refractivity contribution is 8.26. The summed E-state index contributed by atoms with van der Waals surface area (Å²) in [6.45, 7) is 0.735. The zero-order valence-corrected chi connectivity index (χ0v) is 15.1. The molecule has 1 N–H and O–H groups in total. The Morgan fingerprint density at radius 2 is 2.00 bits per heavy atom. The summed E-state index contributed by atoms with van der Waals surface area (Å²) in [4.78, 5) is 23.3. The minimum absolute atomic E-state index is 0.109. The van der Waals surface area contributed by atoms with E-state index in [0.717, 1.165) is 46.1 Å². The van der Waals surface area contributed by atoms with Crippen molar-refractivity contribution in [2.75, 3.05) is 7.11 Å². The first kappa shape index (κ1) is 16.7. The number of thioether (sulfide) groups is 1. The molecule has 1 unspecified atom stereocenters. The molecule has 0 saturated carbocycles. The predicted octanol–water partition coefficient (Wildman–Crippen LogP) is 3.59. The molecular weight excluding hydrogens is 348 g/mol. The van der Waals surface area contributed by atoms with Gasteiger partial charge in [0, 0.05) is 41.8 Å². The lowest BCUT2D eigenvalue weighted by Crippen LogP contribution is -2.30. The number of fused-ring (bicyclic) bond motifs is 1. The van der Waals surface area contributed by atoms with Crippen molar-refractivity contribution in [3.8, 4) is 5.75 Å². The van der Waals surface area contributed by atoms with Gasteiger partial charge in [0.15, 0.2) is 0 Å². The van der Waals surface area contributed by atoms with Crippen molar-refractivity contribution in [3.05, 3.63) is 65.9 Å². The van der Waals surface area contributed by atoms with Crippen molar-refractivity contribution >= 4 is 33.0 Å². The van der Waals surface area contributed by atoms with Crippen LogP contribution in [0.1, 0.15) is 11.1 Å². The molecule has 1 aromatic heterocycles. The summed E-state index contributed by atoms with van der Waals surface area (Å²) >= 11 is 0.758. The van der Waals surface area contributed by atoms with Gasteiger partial charge < -0.3 is 14.6 Å². The summed E-state index contributed by atoms with van der Waals surface area (Å²) in [5.41, 5.74) is 3.32. The van der Waals surface area contributed by atoms with Gasteiger partial charge in [-0.25, -0.2) is 0 Å². The number of carbonyl (C=O) groups excluding carboxylic acids is 2. The number of amides is 1. The zero-order valence-electron chi connectivity index (χ0n) is 14.3. The average molecular weight is 366 g/mol. The van der Waals surface area contributed by atoms with Crippen molar-refractivity contribution in [1.29, 1.82) is 0 Å². The lowest BCUT2D eigenvalue weighted by Gasteiger charge is -2.11. The SMILES string of the molecule is COc1cccc(Cn2ccc3c(CC4NC(=O)SC4=O)cccc32)c1. The maximum atomic E-state index is 11.9. The molecule has 0 aliphatic carbocycles. The van der Waals surface area contributed by atoms with E-state index in [0.29, 0.717) is 6.42 Å². The first-order chi connectivity index (χ1) is 12.6. The Kier molecular flexibility index (Phi) is 4.42. The van der Waals surface area contributed by atoms with Crippen LogP contribution in [0, 0.1) is 0 Å². The van der Waals surface area contributed by atoms with E-state index in [-0.39, 0.29) is 10.4 Å². The molecule has 1 saturated heterocycles. The van der Waals surface area contributed by atoms with E-state index >= 15 is 0 Å². The van der Waals surface area contributed by atoms with E-state index in [9.17, 15) is 9.59 Å². The maximum Gasteiger partial charge on any atom is 0.287 e. The van der Waals surface area contributed by atoms with E-state index in [1.165, 1.54) is 0 Å². The van der Waals surface area contributed by atoms with Gasteiger partial charge >= 0.3 is 0 Å². The molecule has 132 valence electrons. The van der Waals surface area contributed by atoms with Gasteiger partial charge in [0.25, 0.3) is 5.24 Å². The number of hydrogen-bond acceptors (Lipinski definition) is 4. The third-order valence-electron chi connectivity index (χ3n) is 4.58. The molecule has 5 nitrogen and oxygen atoms in total. The molecule has 1 fully saturated rings. The van der Waals surface area contributed by atoms with Gasteiger partial charge in [0.1, 0.15) is 11.8 Å². The van der Waals surface area contributed by atoms with Gasteiger partial charge in [-0.15, -0.1) is 0 Å². The van der Waals surface area contributed by atoms with Gasteiger partial charge in [-0.1, -0.05) is 24.3 Å². The van der Waals surface area contributed by atoms with Crippen LogP contribution in [0.2, 0.25) is 0 Å². The molecule has 0 spiro atoms. The van der Waals surface area contributed by atoms with Crippen molar-refractivity contribution in [2.24, 2.45) is 0 Å². The Labute approximate surface area is 155 Å². The number of nitrogens with one attached hydrogen (secondary N) is 1.